The van der Waals surface area contributed by atoms with Gasteiger partial charge in [-0.05, 0) is 39.2 Å². The number of primary amides is 1. The fourth-order valence-corrected chi connectivity index (χ4v) is 2.81. The first-order valence-electron chi connectivity index (χ1n) is 4.70. The first-order chi connectivity index (χ1) is 5.67. The van der Waals surface area contributed by atoms with Crippen LogP contribution < -0.4 is 5.73 Å². The highest BCUT2D eigenvalue weighted by Crippen LogP contribution is 2.42. The van der Waals surface area contributed by atoms with E-state index in [0.29, 0.717) is 6.04 Å². The Kier molecular flexibility index (Phi) is 1.65. The minimum absolute atomic E-state index is 0.118. The third kappa shape index (κ3) is 0.829. The zero-order valence-electron chi connectivity index (χ0n) is 7.55. The number of likely N-dealkylation sites (N-methyl/N-ethyl adjacent to an activating group) is 1. The maximum atomic E-state index is 11.3. The summed E-state index contributed by atoms with van der Waals surface area (Å²) in [6.07, 6.45) is 5.50. The molecule has 3 nitrogen and oxygen atoms in total. The van der Waals surface area contributed by atoms with Gasteiger partial charge in [0.05, 0.1) is 0 Å². The molecule has 0 aromatic carbocycles. The first kappa shape index (κ1) is 8.05. The molecule has 2 bridgehead atoms. The lowest BCUT2D eigenvalue weighted by Gasteiger charge is -2.39. The molecule has 1 amide bonds. The normalized spacial score (nSPS) is 41.6. The average Bonchev–Trinajstić information content (AvgIpc) is 2.28. The van der Waals surface area contributed by atoms with Crippen LogP contribution in [0.4, 0.5) is 0 Å². The van der Waals surface area contributed by atoms with Crippen molar-refractivity contribution in [3.05, 3.63) is 0 Å². The van der Waals surface area contributed by atoms with Gasteiger partial charge in [0.1, 0.15) is 5.54 Å². The molecule has 0 aliphatic carbocycles. The van der Waals surface area contributed by atoms with Gasteiger partial charge in [0.15, 0.2) is 0 Å². The van der Waals surface area contributed by atoms with Gasteiger partial charge in [-0.25, -0.2) is 0 Å². The lowest BCUT2D eigenvalue weighted by Crippen LogP contribution is -2.56. The minimum atomic E-state index is -0.275. The van der Waals surface area contributed by atoms with E-state index in [4.69, 9.17) is 5.73 Å². The number of carbonyl (C=O) groups excluding carboxylic acids is 1. The Morgan fingerprint density at radius 1 is 1.50 bits per heavy atom. The summed E-state index contributed by atoms with van der Waals surface area (Å²) in [7, 11) is 2.04. The number of carbonyl (C=O) groups is 1. The molecule has 0 aromatic heterocycles. The Labute approximate surface area is 72.9 Å². The molecular formula is C9H16N2O. The van der Waals surface area contributed by atoms with Crippen LogP contribution in [-0.2, 0) is 4.79 Å². The summed E-state index contributed by atoms with van der Waals surface area (Å²) in [6.45, 7) is 0. The quantitative estimate of drug-likeness (QED) is 0.619. The van der Waals surface area contributed by atoms with Gasteiger partial charge in [0, 0.05) is 6.04 Å². The highest BCUT2D eigenvalue weighted by Gasteiger charge is 2.50. The Morgan fingerprint density at radius 3 is 2.83 bits per heavy atom. The molecule has 2 rings (SSSR count). The van der Waals surface area contributed by atoms with E-state index in [2.05, 4.69) is 4.90 Å². The Bertz CT molecular complexity index is 213. The van der Waals surface area contributed by atoms with Gasteiger partial charge < -0.3 is 5.73 Å². The van der Waals surface area contributed by atoms with Crippen molar-refractivity contribution in [3.8, 4) is 0 Å². The van der Waals surface area contributed by atoms with Crippen LogP contribution in [0.3, 0.4) is 0 Å². The third-order valence-electron chi connectivity index (χ3n) is 3.70. The van der Waals surface area contributed by atoms with Crippen molar-refractivity contribution in [2.45, 2.75) is 43.7 Å². The number of fused-ring (bicyclic) bond motifs is 2. The fraction of sp³-hybridized carbons (Fsp3) is 0.889. The predicted molar refractivity (Wildman–Crippen MR) is 46.6 cm³/mol. The highest BCUT2D eigenvalue weighted by atomic mass is 16.1. The van der Waals surface area contributed by atoms with Gasteiger partial charge in [-0.1, -0.05) is 0 Å². The molecule has 2 N–H and O–H groups in total. The van der Waals surface area contributed by atoms with Crippen molar-refractivity contribution >= 4 is 5.91 Å². The van der Waals surface area contributed by atoms with Crippen molar-refractivity contribution in [1.82, 2.24) is 4.90 Å². The molecule has 2 aliphatic rings. The van der Waals surface area contributed by atoms with E-state index < -0.39 is 0 Å². The second-order valence-electron chi connectivity index (χ2n) is 4.09. The van der Waals surface area contributed by atoms with Gasteiger partial charge in [0.25, 0.3) is 0 Å². The molecule has 0 unspecified atom stereocenters. The van der Waals surface area contributed by atoms with Gasteiger partial charge in [-0.3, -0.25) is 9.69 Å². The Balaban J connectivity index is 2.29. The molecule has 2 atom stereocenters. The van der Waals surface area contributed by atoms with E-state index in [9.17, 15) is 4.79 Å². The molecular weight excluding hydrogens is 152 g/mol. The van der Waals surface area contributed by atoms with Gasteiger partial charge in [-0.2, -0.15) is 0 Å². The molecule has 2 heterocycles. The molecule has 12 heavy (non-hydrogen) atoms. The molecule has 0 aromatic rings. The van der Waals surface area contributed by atoms with Crippen molar-refractivity contribution in [1.29, 1.82) is 0 Å². The van der Waals surface area contributed by atoms with Crippen LogP contribution in [-0.4, -0.2) is 29.4 Å². The third-order valence-corrected chi connectivity index (χ3v) is 3.70. The van der Waals surface area contributed by atoms with E-state index in [-0.39, 0.29) is 11.4 Å². The second kappa shape index (κ2) is 2.46. The van der Waals surface area contributed by atoms with Crippen LogP contribution >= 0.6 is 0 Å². The lowest BCUT2D eigenvalue weighted by molar-refractivity contribution is -0.130. The summed E-state index contributed by atoms with van der Waals surface area (Å²) >= 11 is 0. The Morgan fingerprint density at radius 2 is 2.25 bits per heavy atom. The topological polar surface area (TPSA) is 46.3 Å². The highest BCUT2D eigenvalue weighted by molar-refractivity contribution is 5.85. The van der Waals surface area contributed by atoms with Crippen LogP contribution in [0.15, 0.2) is 0 Å². The number of amides is 1. The van der Waals surface area contributed by atoms with Gasteiger partial charge >= 0.3 is 0 Å². The van der Waals surface area contributed by atoms with E-state index >= 15 is 0 Å². The zero-order valence-corrected chi connectivity index (χ0v) is 7.55. The number of hydrogen-bond donors (Lipinski definition) is 1. The molecule has 2 saturated heterocycles. The molecule has 0 spiro atoms. The SMILES string of the molecule is CN1[C@H]2CCC[C@]1(C(N)=O)CC2. The number of hydrogen-bond acceptors (Lipinski definition) is 2. The summed E-state index contributed by atoms with van der Waals surface area (Å²) in [5.41, 5.74) is 5.17. The van der Waals surface area contributed by atoms with Crippen molar-refractivity contribution in [3.63, 3.8) is 0 Å². The number of nitrogens with zero attached hydrogens (tertiary/aromatic N) is 1. The van der Waals surface area contributed by atoms with Crippen LogP contribution in [0.25, 0.3) is 0 Å². The summed E-state index contributed by atoms with van der Waals surface area (Å²) in [6, 6.07) is 0.617. The maximum absolute atomic E-state index is 11.3. The van der Waals surface area contributed by atoms with Crippen molar-refractivity contribution in [2.24, 2.45) is 5.73 Å². The maximum Gasteiger partial charge on any atom is 0.237 e. The fourth-order valence-electron chi connectivity index (χ4n) is 2.81. The Hall–Kier alpha value is -0.570. The van der Waals surface area contributed by atoms with Crippen LogP contribution in [0.1, 0.15) is 32.1 Å². The molecule has 0 saturated carbocycles. The van der Waals surface area contributed by atoms with Crippen molar-refractivity contribution in [2.75, 3.05) is 7.05 Å². The summed E-state index contributed by atoms with van der Waals surface area (Å²) in [5.74, 6) is -0.118. The monoisotopic (exact) mass is 168 g/mol. The first-order valence-corrected chi connectivity index (χ1v) is 4.70. The molecule has 68 valence electrons. The minimum Gasteiger partial charge on any atom is -0.368 e. The van der Waals surface area contributed by atoms with Crippen LogP contribution in [0.2, 0.25) is 0 Å². The van der Waals surface area contributed by atoms with Crippen LogP contribution in [0.5, 0.6) is 0 Å². The number of rotatable bonds is 1. The summed E-state index contributed by atoms with van der Waals surface area (Å²) < 4.78 is 0. The van der Waals surface area contributed by atoms with Crippen LogP contribution in [0, 0.1) is 0 Å². The van der Waals surface area contributed by atoms with E-state index in [1.165, 1.54) is 6.42 Å². The van der Waals surface area contributed by atoms with E-state index in [1.807, 2.05) is 7.05 Å². The van der Waals surface area contributed by atoms with E-state index in [0.717, 1.165) is 25.7 Å². The van der Waals surface area contributed by atoms with Crippen molar-refractivity contribution < 1.29 is 4.79 Å². The summed E-state index contributed by atoms with van der Waals surface area (Å²) in [4.78, 5) is 13.5. The number of nitrogens with two attached hydrogens (primary N) is 1. The smallest absolute Gasteiger partial charge is 0.237 e. The average molecular weight is 168 g/mol. The molecule has 3 heteroatoms. The standard InChI is InChI=1S/C9H16N2O/c1-11-7-3-2-5-9(11,6-4-7)8(10)12/h7H,2-6H2,1H3,(H2,10,12)/t7-,9+/m0/s1. The zero-order chi connectivity index (χ0) is 8.77. The second-order valence-corrected chi connectivity index (χ2v) is 4.09. The molecule has 0 radical (unpaired) electrons. The van der Waals surface area contributed by atoms with E-state index in [1.54, 1.807) is 0 Å². The summed E-state index contributed by atoms with van der Waals surface area (Å²) in [5, 5.41) is 0. The largest absolute Gasteiger partial charge is 0.368 e. The predicted octanol–water partition coefficient (Wildman–Crippen LogP) is 0.489. The molecule has 2 aliphatic heterocycles. The molecule has 2 fully saturated rings. The van der Waals surface area contributed by atoms with Gasteiger partial charge in [-0.15, -0.1) is 0 Å². The lowest BCUT2D eigenvalue weighted by atomic mass is 9.88. The van der Waals surface area contributed by atoms with Gasteiger partial charge in [0.2, 0.25) is 5.91 Å². The number of piperidine rings is 1.